The molecule has 1 aromatic carbocycles. The maximum Gasteiger partial charge on any atom is 0.209 e. The zero-order valence-electron chi connectivity index (χ0n) is 11.2. The molecule has 0 fully saturated rings. The van der Waals surface area contributed by atoms with E-state index in [4.69, 9.17) is 4.74 Å². The van der Waals surface area contributed by atoms with Crippen LogP contribution in [0.3, 0.4) is 0 Å². The number of carbonyl (C=O) groups excluding carboxylic acids is 1. The van der Waals surface area contributed by atoms with Crippen LogP contribution in [0.1, 0.15) is 30.3 Å². The van der Waals surface area contributed by atoms with Crippen molar-refractivity contribution in [1.29, 1.82) is 0 Å². The topological polar surface area (TPSA) is 44.1 Å². The van der Waals surface area contributed by atoms with Gasteiger partial charge >= 0.3 is 0 Å². The summed E-state index contributed by atoms with van der Waals surface area (Å²) in [6, 6.07) is 11.4. The molecule has 0 N–H and O–H groups in total. The normalized spacial score (nSPS) is 12.3. The van der Waals surface area contributed by atoms with Crippen LogP contribution in [0.2, 0.25) is 0 Å². The predicted octanol–water partition coefficient (Wildman–Crippen LogP) is 2.87. The molecular weight excluding hydrogens is 240 g/mol. The van der Waals surface area contributed by atoms with Crippen molar-refractivity contribution in [1.82, 2.24) is 9.78 Å². The number of aromatic nitrogens is 2. The van der Waals surface area contributed by atoms with Crippen LogP contribution in [0.15, 0.2) is 42.6 Å². The third-order valence-electron chi connectivity index (χ3n) is 3.02. The molecule has 0 saturated carbocycles. The van der Waals surface area contributed by atoms with Gasteiger partial charge in [0.2, 0.25) is 5.78 Å². The fourth-order valence-corrected chi connectivity index (χ4v) is 2.05. The minimum Gasteiger partial charge on any atom is -0.373 e. The van der Waals surface area contributed by atoms with Crippen molar-refractivity contribution in [3.8, 4) is 5.69 Å². The maximum absolute atomic E-state index is 12.4. The summed E-state index contributed by atoms with van der Waals surface area (Å²) in [6.45, 7) is 2.04. The van der Waals surface area contributed by atoms with Gasteiger partial charge in [-0.15, -0.1) is 0 Å². The molecule has 0 amide bonds. The van der Waals surface area contributed by atoms with Gasteiger partial charge in [-0.05, 0) is 24.6 Å². The predicted molar refractivity (Wildman–Crippen MR) is 73.6 cm³/mol. The summed E-state index contributed by atoms with van der Waals surface area (Å²) in [5.74, 6) is -0.0225. The SMILES string of the molecule is CCCC(OC)C(=O)c1ccnn1-c1ccccc1. The van der Waals surface area contributed by atoms with E-state index in [1.165, 1.54) is 0 Å². The molecule has 4 nitrogen and oxygen atoms in total. The van der Waals surface area contributed by atoms with E-state index in [1.807, 2.05) is 37.3 Å². The van der Waals surface area contributed by atoms with Gasteiger partial charge in [-0.25, -0.2) is 4.68 Å². The summed E-state index contributed by atoms with van der Waals surface area (Å²) >= 11 is 0. The van der Waals surface area contributed by atoms with Gasteiger partial charge in [-0.1, -0.05) is 31.5 Å². The number of para-hydroxylation sites is 1. The lowest BCUT2D eigenvalue weighted by Crippen LogP contribution is -2.25. The van der Waals surface area contributed by atoms with E-state index in [9.17, 15) is 4.79 Å². The Kier molecular flexibility index (Phi) is 4.47. The van der Waals surface area contributed by atoms with Crippen molar-refractivity contribution < 1.29 is 9.53 Å². The van der Waals surface area contributed by atoms with E-state index < -0.39 is 6.10 Å². The average molecular weight is 258 g/mol. The summed E-state index contributed by atoms with van der Waals surface area (Å²) < 4.78 is 6.93. The van der Waals surface area contributed by atoms with Crippen LogP contribution in [-0.4, -0.2) is 28.8 Å². The van der Waals surface area contributed by atoms with Crippen molar-refractivity contribution in [3.05, 3.63) is 48.3 Å². The monoisotopic (exact) mass is 258 g/mol. The Morgan fingerprint density at radius 3 is 2.68 bits per heavy atom. The van der Waals surface area contributed by atoms with Gasteiger partial charge in [0.05, 0.1) is 11.9 Å². The molecule has 0 aliphatic rings. The molecule has 2 rings (SSSR count). The quantitative estimate of drug-likeness (QED) is 0.748. The summed E-state index contributed by atoms with van der Waals surface area (Å²) in [6.07, 6.45) is 2.86. The van der Waals surface area contributed by atoms with Gasteiger partial charge in [0.25, 0.3) is 0 Å². The summed E-state index contributed by atoms with van der Waals surface area (Å²) in [5, 5.41) is 4.22. The minimum atomic E-state index is -0.399. The zero-order chi connectivity index (χ0) is 13.7. The van der Waals surface area contributed by atoms with E-state index >= 15 is 0 Å². The van der Waals surface area contributed by atoms with E-state index in [0.29, 0.717) is 5.69 Å². The van der Waals surface area contributed by atoms with E-state index in [-0.39, 0.29) is 5.78 Å². The molecule has 19 heavy (non-hydrogen) atoms. The van der Waals surface area contributed by atoms with Gasteiger partial charge in [-0.3, -0.25) is 4.79 Å². The first-order valence-electron chi connectivity index (χ1n) is 6.44. The lowest BCUT2D eigenvalue weighted by molar-refractivity contribution is 0.0571. The first kappa shape index (κ1) is 13.5. The summed E-state index contributed by atoms with van der Waals surface area (Å²) in [5.41, 5.74) is 1.44. The third kappa shape index (κ3) is 2.90. The molecule has 1 heterocycles. The number of nitrogens with zero attached hydrogens (tertiary/aromatic N) is 2. The summed E-state index contributed by atoms with van der Waals surface area (Å²) in [7, 11) is 1.57. The lowest BCUT2D eigenvalue weighted by atomic mass is 10.1. The van der Waals surface area contributed by atoms with Crippen molar-refractivity contribution in [2.24, 2.45) is 0 Å². The molecule has 0 saturated heterocycles. The molecular formula is C15H18N2O2. The molecule has 4 heteroatoms. The maximum atomic E-state index is 12.4. The first-order valence-corrected chi connectivity index (χ1v) is 6.44. The van der Waals surface area contributed by atoms with Crippen LogP contribution in [0, 0.1) is 0 Å². The van der Waals surface area contributed by atoms with Crippen LogP contribution in [0.5, 0.6) is 0 Å². The molecule has 2 aromatic rings. The van der Waals surface area contributed by atoms with E-state index in [1.54, 1.807) is 24.1 Å². The number of hydrogen-bond acceptors (Lipinski definition) is 3. The number of Topliss-reactive ketones (excluding diaryl/α,β-unsaturated/α-hetero) is 1. The molecule has 1 aromatic heterocycles. The van der Waals surface area contributed by atoms with Crippen molar-refractivity contribution >= 4 is 5.78 Å². The molecule has 0 spiro atoms. The van der Waals surface area contributed by atoms with Crippen LogP contribution in [-0.2, 0) is 4.74 Å². The Bertz CT molecular complexity index is 534. The highest BCUT2D eigenvalue weighted by molar-refractivity contribution is 5.98. The van der Waals surface area contributed by atoms with Crippen LogP contribution in [0.4, 0.5) is 0 Å². The number of rotatable bonds is 6. The lowest BCUT2D eigenvalue weighted by Gasteiger charge is -2.14. The molecule has 100 valence electrons. The molecule has 0 radical (unpaired) electrons. The minimum absolute atomic E-state index is 0.0225. The van der Waals surface area contributed by atoms with Gasteiger partial charge in [0.15, 0.2) is 0 Å². The highest BCUT2D eigenvalue weighted by Gasteiger charge is 2.22. The van der Waals surface area contributed by atoms with E-state index in [2.05, 4.69) is 5.10 Å². The Morgan fingerprint density at radius 1 is 1.32 bits per heavy atom. The highest BCUT2D eigenvalue weighted by atomic mass is 16.5. The molecule has 0 aliphatic heterocycles. The van der Waals surface area contributed by atoms with Crippen molar-refractivity contribution in [3.63, 3.8) is 0 Å². The fraction of sp³-hybridized carbons (Fsp3) is 0.333. The van der Waals surface area contributed by atoms with Crippen LogP contribution in [0.25, 0.3) is 5.69 Å². The fourth-order valence-electron chi connectivity index (χ4n) is 2.05. The first-order chi connectivity index (χ1) is 9.27. The van der Waals surface area contributed by atoms with Gasteiger partial charge in [0.1, 0.15) is 11.8 Å². The second-order valence-electron chi connectivity index (χ2n) is 4.34. The van der Waals surface area contributed by atoms with Gasteiger partial charge in [-0.2, -0.15) is 5.10 Å². The van der Waals surface area contributed by atoms with Crippen molar-refractivity contribution in [2.75, 3.05) is 7.11 Å². The number of methoxy groups -OCH3 is 1. The highest BCUT2D eigenvalue weighted by Crippen LogP contribution is 2.14. The molecule has 0 bridgehead atoms. The zero-order valence-corrected chi connectivity index (χ0v) is 11.2. The Balaban J connectivity index is 2.32. The van der Waals surface area contributed by atoms with Gasteiger partial charge in [0, 0.05) is 7.11 Å². The standard InChI is InChI=1S/C15H18N2O2/c1-3-7-14(19-2)15(18)13-10-11-16-17(13)12-8-5-4-6-9-12/h4-6,8-11,14H,3,7H2,1-2H3. The van der Waals surface area contributed by atoms with Gasteiger partial charge < -0.3 is 4.74 Å². The number of ketones is 1. The smallest absolute Gasteiger partial charge is 0.209 e. The van der Waals surface area contributed by atoms with E-state index in [0.717, 1.165) is 18.5 Å². The number of ether oxygens (including phenoxy) is 1. The number of benzene rings is 1. The average Bonchev–Trinajstić information content (AvgIpc) is 2.94. The second kappa shape index (κ2) is 6.29. The molecule has 1 atom stereocenters. The molecule has 0 aliphatic carbocycles. The Hall–Kier alpha value is -1.94. The van der Waals surface area contributed by atoms with Crippen LogP contribution >= 0.6 is 0 Å². The Morgan fingerprint density at radius 2 is 2.05 bits per heavy atom. The van der Waals surface area contributed by atoms with Crippen molar-refractivity contribution in [2.45, 2.75) is 25.9 Å². The third-order valence-corrected chi connectivity index (χ3v) is 3.02. The second-order valence-corrected chi connectivity index (χ2v) is 4.34. The Labute approximate surface area is 113 Å². The van der Waals surface area contributed by atoms with Crippen LogP contribution < -0.4 is 0 Å². The largest absolute Gasteiger partial charge is 0.373 e. The molecule has 1 unspecified atom stereocenters. The summed E-state index contributed by atoms with van der Waals surface area (Å²) in [4.78, 5) is 12.4. The number of hydrogen-bond donors (Lipinski definition) is 0. The number of carbonyl (C=O) groups is 1.